The van der Waals surface area contributed by atoms with Gasteiger partial charge in [-0.1, -0.05) is 0 Å². The van der Waals surface area contributed by atoms with E-state index in [1.54, 1.807) is 10.8 Å². The number of hydrogen-bond acceptors (Lipinski definition) is 0. The van der Waals surface area contributed by atoms with Gasteiger partial charge in [0.2, 0.25) is 0 Å². The van der Waals surface area contributed by atoms with Crippen molar-refractivity contribution in [2.45, 2.75) is 37.0 Å². The Kier molecular flexibility index (Phi) is 3.30. The van der Waals surface area contributed by atoms with E-state index in [4.69, 9.17) is 0 Å². The van der Waals surface area contributed by atoms with Gasteiger partial charge >= 0.3 is 68.6 Å². The van der Waals surface area contributed by atoms with Crippen molar-refractivity contribution in [1.82, 2.24) is 0 Å². The van der Waals surface area contributed by atoms with Crippen LogP contribution in [0.3, 0.4) is 0 Å². The van der Waals surface area contributed by atoms with Gasteiger partial charge in [0.05, 0.1) is 0 Å². The van der Waals surface area contributed by atoms with E-state index in [2.05, 4.69) is 13.8 Å². The van der Waals surface area contributed by atoms with E-state index >= 15 is 0 Å². The first kappa shape index (κ1) is 7.83. The number of halogens is 1. The summed E-state index contributed by atoms with van der Waals surface area (Å²) in [4.78, 5) is 0. The SMILES string of the molecule is CC(C)C1CCCC[I-]1. The molecule has 0 aromatic heterocycles. The molecule has 1 saturated heterocycles. The molecule has 0 saturated carbocycles. The quantitative estimate of drug-likeness (QED) is 0.418. The Balaban J connectivity index is 2.23. The van der Waals surface area contributed by atoms with Crippen molar-refractivity contribution in [1.29, 1.82) is 0 Å². The van der Waals surface area contributed by atoms with Crippen LogP contribution in [0.5, 0.6) is 0 Å². The van der Waals surface area contributed by atoms with E-state index in [0.29, 0.717) is 21.2 Å². The minimum atomic E-state index is 0.609. The molecule has 1 rings (SSSR count). The summed E-state index contributed by atoms with van der Waals surface area (Å²) >= 11 is 0.609. The Morgan fingerprint density at radius 2 is 2.11 bits per heavy atom. The van der Waals surface area contributed by atoms with Gasteiger partial charge in [-0.15, -0.1) is 0 Å². The average molecular weight is 239 g/mol. The Hall–Kier alpha value is 0.730. The Labute approximate surface area is 68.7 Å². The fraction of sp³-hybridized carbons (Fsp3) is 1.00. The second-order valence-electron chi connectivity index (χ2n) is 3.10. The Morgan fingerprint density at radius 3 is 2.44 bits per heavy atom. The van der Waals surface area contributed by atoms with Crippen molar-refractivity contribution < 1.29 is 21.2 Å². The summed E-state index contributed by atoms with van der Waals surface area (Å²) in [6.45, 7) is 4.77. The first-order chi connectivity index (χ1) is 4.30. The van der Waals surface area contributed by atoms with Crippen LogP contribution < -0.4 is 21.2 Å². The van der Waals surface area contributed by atoms with Gasteiger partial charge in [-0.05, 0) is 0 Å². The molecule has 1 aliphatic heterocycles. The topological polar surface area (TPSA) is 0 Å². The summed E-state index contributed by atoms with van der Waals surface area (Å²) in [6, 6.07) is 0. The molecule has 1 atom stereocenters. The summed E-state index contributed by atoms with van der Waals surface area (Å²) in [7, 11) is 0. The van der Waals surface area contributed by atoms with Crippen LogP contribution in [0.15, 0.2) is 0 Å². The predicted octanol–water partition coefficient (Wildman–Crippen LogP) is -0.716. The van der Waals surface area contributed by atoms with Crippen molar-refractivity contribution in [3.8, 4) is 0 Å². The maximum atomic E-state index is 2.38. The van der Waals surface area contributed by atoms with Gasteiger partial charge in [0, 0.05) is 0 Å². The van der Waals surface area contributed by atoms with Crippen LogP contribution in [0, 0.1) is 5.92 Å². The molecule has 9 heavy (non-hydrogen) atoms. The molecule has 0 amide bonds. The minimum absolute atomic E-state index is 0.609. The normalized spacial score (nSPS) is 29.9. The molecule has 0 radical (unpaired) electrons. The van der Waals surface area contributed by atoms with Gasteiger partial charge < -0.3 is 0 Å². The van der Waals surface area contributed by atoms with Crippen LogP contribution in [0.2, 0.25) is 0 Å². The van der Waals surface area contributed by atoms with Gasteiger partial charge in [0.1, 0.15) is 0 Å². The zero-order valence-electron chi connectivity index (χ0n) is 6.36. The molecule has 0 aromatic carbocycles. The first-order valence-corrected chi connectivity index (χ1v) is 6.65. The van der Waals surface area contributed by atoms with Crippen molar-refractivity contribution >= 4 is 0 Å². The van der Waals surface area contributed by atoms with Gasteiger partial charge in [0.25, 0.3) is 0 Å². The van der Waals surface area contributed by atoms with Crippen molar-refractivity contribution in [2.24, 2.45) is 5.92 Å². The summed E-state index contributed by atoms with van der Waals surface area (Å²) in [6.07, 6.45) is 4.60. The van der Waals surface area contributed by atoms with Crippen molar-refractivity contribution in [2.75, 3.05) is 4.43 Å². The molecule has 0 nitrogen and oxygen atoms in total. The van der Waals surface area contributed by atoms with Crippen molar-refractivity contribution in [3.05, 3.63) is 0 Å². The van der Waals surface area contributed by atoms with E-state index in [1.165, 1.54) is 12.8 Å². The van der Waals surface area contributed by atoms with Gasteiger partial charge in [0.15, 0.2) is 0 Å². The van der Waals surface area contributed by atoms with Crippen LogP contribution in [-0.2, 0) is 0 Å². The standard InChI is InChI=1S/C8H16I/c1-7(2)8-5-3-4-6-9-8/h7-8H,3-6H2,1-2H3/q-1. The summed E-state index contributed by atoms with van der Waals surface area (Å²) in [5.74, 6) is 0.984. The average Bonchev–Trinajstić information content (AvgIpc) is 1.90. The van der Waals surface area contributed by atoms with Crippen LogP contribution in [0.25, 0.3) is 0 Å². The third kappa shape index (κ3) is 2.44. The van der Waals surface area contributed by atoms with E-state index in [1.807, 2.05) is 0 Å². The predicted molar refractivity (Wildman–Crippen MR) is 37.3 cm³/mol. The van der Waals surface area contributed by atoms with Gasteiger partial charge in [-0.25, -0.2) is 0 Å². The van der Waals surface area contributed by atoms with Crippen molar-refractivity contribution in [3.63, 3.8) is 0 Å². The molecule has 0 N–H and O–H groups in total. The Morgan fingerprint density at radius 1 is 1.33 bits per heavy atom. The van der Waals surface area contributed by atoms with E-state index in [-0.39, 0.29) is 0 Å². The van der Waals surface area contributed by atoms with Crippen LogP contribution in [-0.4, -0.2) is 8.35 Å². The molecule has 1 fully saturated rings. The molecule has 1 unspecified atom stereocenters. The Bertz CT molecular complexity index is 72.6. The zero-order valence-corrected chi connectivity index (χ0v) is 8.52. The number of hydrogen-bond donors (Lipinski definition) is 0. The second-order valence-corrected chi connectivity index (χ2v) is 6.66. The van der Waals surface area contributed by atoms with Crippen LogP contribution in [0.4, 0.5) is 0 Å². The molecule has 1 heterocycles. The third-order valence-electron chi connectivity index (χ3n) is 1.89. The first-order valence-electron chi connectivity index (χ1n) is 3.88. The fourth-order valence-corrected chi connectivity index (χ4v) is 4.92. The molecule has 0 aliphatic carbocycles. The van der Waals surface area contributed by atoms with Gasteiger partial charge in [-0.2, -0.15) is 0 Å². The second kappa shape index (κ2) is 3.79. The fourth-order valence-electron chi connectivity index (χ4n) is 1.24. The molecule has 56 valence electrons. The molecule has 1 aliphatic rings. The summed E-state index contributed by atoms with van der Waals surface area (Å²) < 4.78 is 2.76. The monoisotopic (exact) mass is 239 g/mol. The van der Waals surface area contributed by atoms with E-state index < -0.39 is 0 Å². The maximum absolute atomic E-state index is 2.38. The molecule has 0 bridgehead atoms. The summed E-state index contributed by atoms with van der Waals surface area (Å²) in [5.41, 5.74) is 0. The summed E-state index contributed by atoms with van der Waals surface area (Å²) in [5, 5.41) is 0. The molecular weight excluding hydrogens is 223 g/mol. The molecule has 0 aromatic rings. The molecule has 0 spiro atoms. The van der Waals surface area contributed by atoms with Crippen LogP contribution >= 0.6 is 0 Å². The third-order valence-corrected chi connectivity index (χ3v) is 6.47. The van der Waals surface area contributed by atoms with E-state index in [9.17, 15) is 0 Å². The zero-order chi connectivity index (χ0) is 6.69. The van der Waals surface area contributed by atoms with E-state index in [0.717, 1.165) is 9.84 Å². The number of rotatable bonds is 1. The van der Waals surface area contributed by atoms with Gasteiger partial charge in [-0.3, -0.25) is 0 Å². The molecular formula is C8H16I-. The molecule has 1 heteroatoms. The van der Waals surface area contributed by atoms with Crippen LogP contribution in [0.1, 0.15) is 33.1 Å². The number of alkyl halides is 2.